The standard InChI is InChI=1S/C15H20BrN3O/c1-9-6-10-4-5-11(16)7-12(10)15(8-9)13(20)18(2)14(17)19(15)3/h4-5,7,9,14H,6,8,17H2,1-3H3. The molecule has 1 saturated heterocycles. The number of benzene rings is 1. The Hall–Kier alpha value is -0.910. The molecule has 3 rings (SSSR count). The van der Waals surface area contributed by atoms with Crippen LogP contribution in [0.4, 0.5) is 0 Å². The van der Waals surface area contributed by atoms with E-state index in [0.29, 0.717) is 5.92 Å². The highest BCUT2D eigenvalue weighted by Gasteiger charge is 2.57. The van der Waals surface area contributed by atoms with Crippen molar-refractivity contribution in [3.8, 4) is 0 Å². The van der Waals surface area contributed by atoms with Crippen LogP contribution in [0, 0.1) is 5.92 Å². The average Bonchev–Trinajstić information content (AvgIpc) is 2.56. The van der Waals surface area contributed by atoms with Crippen LogP contribution in [0.2, 0.25) is 0 Å². The van der Waals surface area contributed by atoms with Gasteiger partial charge in [-0.3, -0.25) is 15.4 Å². The highest BCUT2D eigenvalue weighted by molar-refractivity contribution is 9.10. The lowest BCUT2D eigenvalue weighted by Gasteiger charge is -2.41. The topological polar surface area (TPSA) is 49.6 Å². The zero-order chi connectivity index (χ0) is 14.7. The number of nitrogens with two attached hydrogens (primary N) is 1. The summed E-state index contributed by atoms with van der Waals surface area (Å²) >= 11 is 3.53. The third kappa shape index (κ3) is 1.70. The first-order valence-electron chi connectivity index (χ1n) is 6.92. The number of hydrogen-bond acceptors (Lipinski definition) is 3. The number of halogens is 1. The Morgan fingerprint density at radius 1 is 1.40 bits per heavy atom. The molecule has 3 unspecified atom stereocenters. The summed E-state index contributed by atoms with van der Waals surface area (Å²) in [5.41, 5.74) is 7.94. The minimum atomic E-state index is -0.606. The van der Waals surface area contributed by atoms with Gasteiger partial charge in [0.05, 0.1) is 0 Å². The molecule has 1 aliphatic heterocycles. The van der Waals surface area contributed by atoms with E-state index in [1.807, 2.05) is 18.0 Å². The van der Waals surface area contributed by atoms with E-state index >= 15 is 0 Å². The molecule has 108 valence electrons. The molecule has 0 bridgehead atoms. The summed E-state index contributed by atoms with van der Waals surface area (Å²) in [7, 11) is 3.74. The molecule has 2 N–H and O–H groups in total. The molecule has 3 atom stereocenters. The monoisotopic (exact) mass is 337 g/mol. The second kappa shape index (κ2) is 4.55. The Kier molecular flexibility index (Phi) is 3.19. The van der Waals surface area contributed by atoms with Gasteiger partial charge in [0.2, 0.25) is 5.91 Å². The first-order valence-corrected chi connectivity index (χ1v) is 7.72. The molecular weight excluding hydrogens is 318 g/mol. The summed E-state index contributed by atoms with van der Waals surface area (Å²) in [6.45, 7) is 2.21. The summed E-state index contributed by atoms with van der Waals surface area (Å²) in [6.07, 6.45) is 1.48. The van der Waals surface area contributed by atoms with Crippen molar-refractivity contribution in [2.75, 3.05) is 14.1 Å². The number of fused-ring (bicyclic) bond motifs is 2. The zero-order valence-electron chi connectivity index (χ0n) is 12.1. The van der Waals surface area contributed by atoms with Crippen LogP contribution in [-0.4, -0.2) is 36.1 Å². The molecule has 0 aromatic heterocycles. The molecule has 0 saturated carbocycles. The molecule has 2 aliphatic rings. The third-order valence-electron chi connectivity index (χ3n) is 4.80. The van der Waals surface area contributed by atoms with Crippen LogP contribution in [0.3, 0.4) is 0 Å². The van der Waals surface area contributed by atoms with E-state index in [0.717, 1.165) is 22.9 Å². The van der Waals surface area contributed by atoms with Crippen LogP contribution in [0.5, 0.6) is 0 Å². The maximum Gasteiger partial charge on any atom is 0.249 e. The molecule has 1 aliphatic carbocycles. The fourth-order valence-corrected chi connectivity index (χ4v) is 4.12. The van der Waals surface area contributed by atoms with E-state index in [1.165, 1.54) is 5.56 Å². The van der Waals surface area contributed by atoms with E-state index in [9.17, 15) is 4.79 Å². The largest absolute Gasteiger partial charge is 0.315 e. The number of carbonyl (C=O) groups is 1. The number of carbonyl (C=O) groups excluding carboxylic acids is 1. The van der Waals surface area contributed by atoms with Gasteiger partial charge in [-0.2, -0.15) is 0 Å². The predicted molar refractivity (Wildman–Crippen MR) is 81.8 cm³/mol. The second-order valence-electron chi connectivity index (χ2n) is 6.12. The van der Waals surface area contributed by atoms with Gasteiger partial charge in [0, 0.05) is 11.5 Å². The van der Waals surface area contributed by atoms with Gasteiger partial charge in [0.15, 0.2) is 0 Å². The molecule has 1 aromatic rings. The Balaban J connectivity index is 2.24. The molecule has 1 amide bonds. The molecule has 4 nitrogen and oxygen atoms in total. The zero-order valence-corrected chi connectivity index (χ0v) is 13.6. The Morgan fingerprint density at radius 2 is 2.10 bits per heavy atom. The number of nitrogens with zero attached hydrogens (tertiary/aromatic N) is 2. The summed E-state index contributed by atoms with van der Waals surface area (Å²) in [5, 5.41) is 0. The SMILES string of the molecule is CC1Cc2ccc(Br)cc2C2(C1)C(=O)N(C)C(N)N2C. The molecule has 20 heavy (non-hydrogen) atoms. The Morgan fingerprint density at radius 3 is 2.70 bits per heavy atom. The third-order valence-corrected chi connectivity index (χ3v) is 5.29. The van der Waals surface area contributed by atoms with E-state index in [2.05, 4.69) is 35.0 Å². The predicted octanol–water partition coefficient (Wildman–Crippen LogP) is 1.87. The van der Waals surface area contributed by atoms with Gasteiger partial charge in [0.1, 0.15) is 11.8 Å². The van der Waals surface area contributed by atoms with Gasteiger partial charge in [-0.25, -0.2) is 0 Å². The summed E-state index contributed by atoms with van der Waals surface area (Å²) < 4.78 is 1.01. The molecule has 1 heterocycles. The van der Waals surface area contributed by atoms with Crippen LogP contribution < -0.4 is 5.73 Å². The first-order chi connectivity index (χ1) is 9.37. The van der Waals surface area contributed by atoms with Crippen LogP contribution in [0.1, 0.15) is 24.5 Å². The highest BCUT2D eigenvalue weighted by atomic mass is 79.9. The molecule has 1 spiro atoms. The minimum absolute atomic E-state index is 0.110. The van der Waals surface area contributed by atoms with E-state index < -0.39 is 5.54 Å². The van der Waals surface area contributed by atoms with Gasteiger partial charge in [0.25, 0.3) is 0 Å². The quantitative estimate of drug-likeness (QED) is 0.786. The van der Waals surface area contributed by atoms with Crippen molar-refractivity contribution in [1.29, 1.82) is 0 Å². The van der Waals surface area contributed by atoms with Crippen LogP contribution in [0.25, 0.3) is 0 Å². The van der Waals surface area contributed by atoms with E-state index in [1.54, 1.807) is 11.9 Å². The van der Waals surface area contributed by atoms with Crippen LogP contribution in [-0.2, 0) is 16.8 Å². The lowest BCUT2D eigenvalue weighted by molar-refractivity contribution is -0.134. The Bertz CT molecular complexity index is 576. The van der Waals surface area contributed by atoms with Gasteiger partial charge in [-0.1, -0.05) is 28.9 Å². The molecule has 1 fully saturated rings. The molecule has 5 heteroatoms. The minimum Gasteiger partial charge on any atom is -0.315 e. The van der Waals surface area contributed by atoms with Crippen molar-refractivity contribution >= 4 is 21.8 Å². The maximum atomic E-state index is 12.9. The van der Waals surface area contributed by atoms with Crippen molar-refractivity contribution in [2.24, 2.45) is 11.7 Å². The van der Waals surface area contributed by atoms with Gasteiger partial charge < -0.3 is 4.90 Å². The van der Waals surface area contributed by atoms with Crippen molar-refractivity contribution in [1.82, 2.24) is 9.80 Å². The first kappa shape index (κ1) is 14.0. The van der Waals surface area contributed by atoms with Crippen molar-refractivity contribution in [3.63, 3.8) is 0 Å². The maximum absolute atomic E-state index is 12.9. The normalized spacial score (nSPS) is 33.9. The van der Waals surface area contributed by atoms with Gasteiger partial charge in [-0.05, 0) is 49.1 Å². The van der Waals surface area contributed by atoms with Gasteiger partial charge in [-0.15, -0.1) is 0 Å². The van der Waals surface area contributed by atoms with Gasteiger partial charge >= 0.3 is 0 Å². The van der Waals surface area contributed by atoms with E-state index in [4.69, 9.17) is 5.73 Å². The smallest absolute Gasteiger partial charge is 0.249 e. The lowest BCUT2D eigenvalue weighted by Crippen LogP contribution is -2.51. The Labute approximate surface area is 128 Å². The summed E-state index contributed by atoms with van der Waals surface area (Å²) in [4.78, 5) is 16.6. The average molecular weight is 338 g/mol. The van der Waals surface area contributed by atoms with Crippen molar-refractivity contribution in [2.45, 2.75) is 31.6 Å². The number of hydrogen-bond donors (Lipinski definition) is 1. The van der Waals surface area contributed by atoms with E-state index in [-0.39, 0.29) is 12.2 Å². The molecule has 0 radical (unpaired) electrons. The summed E-state index contributed by atoms with van der Waals surface area (Å²) in [6, 6.07) is 6.26. The second-order valence-corrected chi connectivity index (χ2v) is 7.03. The molecule has 1 aromatic carbocycles. The molecular formula is C15H20BrN3O. The number of rotatable bonds is 0. The summed E-state index contributed by atoms with van der Waals surface area (Å²) in [5.74, 6) is 0.576. The number of amides is 1. The highest BCUT2D eigenvalue weighted by Crippen LogP contribution is 2.47. The lowest BCUT2D eigenvalue weighted by atomic mass is 9.71. The number of likely N-dealkylation sites (N-methyl/N-ethyl adjacent to an activating group) is 2. The van der Waals surface area contributed by atoms with Crippen LogP contribution in [0.15, 0.2) is 22.7 Å². The van der Waals surface area contributed by atoms with Crippen LogP contribution >= 0.6 is 15.9 Å². The fraction of sp³-hybridized carbons (Fsp3) is 0.533. The fourth-order valence-electron chi connectivity index (χ4n) is 3.76. The van der Waals surface area contributed by atoms with Crippen molar-refractivity contribution in [3.05, 3.63) is 33.8 Å². The van der Waals surface area contributed by atoms with Crippen molar-refractivity contribution < 1.29 is 4.79 Å².